The van der Waals surface area contributed by atoms with Crippen LogP contribution in [-0.4, -0.2) is 56.8 Å². The fourth-order valence-electron chi connectivity index (χ4n) is 3.01. The lowest BCUT2D eigenvalue weighted by Crippen LogP contribution is -2.49. The number of nitrogens with zero attached hydrogens (tertiary/aromatic N) is 2. The molecule has 28 heavy (non-hydrogen) atoms. The molecule has 1 heterocycles. The number of aliphatic imine (C=N–C) groups is 1. The molecule has 0 aromatic heterocycles. The Bertz CT molecular complexity index is 652. The van der Waals surface area contributed by atoms with Crippen molar-refractivity contribution < 1.29 is 18.7 Å². The van der Waals surface area contributed by atoms with Gasteiger partial charge in [0.05, 0.1) is 20.3 Å². The standard InChI is InChI=1S/C19H29FN4O3.HI/c1-4-21-18(23-16-7-9-24(10-8-16)19(25)27-3)22-12-14-5-6-17(20)15(11-14)13-26-2;/h5-6,11,16H,4,7-10,12-13H2,1-3H3,(H2,21,22,23);1H. The van der Waals surface area contributed by atoms with Crippen molar-refractivity contribution in [3.05, 3.63) is 35.1 Å². The number of benzene rings is 1. The third-order valence-electron chi connectivity index (χ3n) is 4.44. The molecule has 0 aliphatic carbocycles. The number of rotatable bonds is 6. The van der Waals surface area contributed by atoms with Crippen LogP contribution in [0.3, 0.4) is 0 Å². The Morgan fingerprint density at radius 3 is 2.64 bits per heavy atom. The van der Waals surface area contributed by atoms with Crippen molar-refractivity contribution in [1.29, 1.82) is 0 Å². The second-order valence-electron chi connectivity index (χ2n) is 6.43. The Morgan fingerprint density at radius 1 is 1.32 bits per heavy atom. The van der Waals surface area contributed by atoms with E-state index in [1.54, 1.807) is 24.1 Å². The molecule has 2 N–H and O–H groups in total. The van der Waals surface area contributed by atoms with Gasteiger partial charge in [0.2, 0.25) is 0 Å². The Morgan fingerprint density at radius 2 is 2.04 bits per heavy atom. The van der Waals surface area contributed by atoms with Gasteiger partial charge in [-0.3, -0.25) is 0 Å². The molecule has 0 saturated carbocycles. The van der Waals surface area contributed by atoms with Gasteiger partial charge < -0.3 is 25.0 Å². The molecular formula is C19H30FIN4O3. The summed E-state index contributed by atoms with van der Waals surface area (Å²) in [5.74, 6) is 0.443. The zero-order valence-corrected chi connectivity index (χ0v) is 19.0. The molecule has 0 unspecified atom stereocenters. The summed E-state index contributed by atoms with van der Waals surface area (Å²) >= 11 is 0. The van der Waals surface area contributed by atoms with Crippen molar-refractivity contribution in [2.45, 2.75) is 39.0 Å². The number of piperidine rings is 1. The fraction of sp³-hybridized carbons (Fsp3) is 0.579. The van der Waals surface area contributed by atoms with Gasteiger partial charge in [0.1, 0.15) is 5.82 Å². The number of hydrogen-bond donors (Lipinski definition) is 2. The fourth-order valence-corrected chi connectivity index (χ4v) is 3.01. The van der Waals surface area contributed by atoms with Crippen LogP contribution in [0.25, 0.3) is 0 Å². The second kappa shape index (κ2) is 12.8. The van der Waals surface area contributed by atoms with E-state index < -0.39 is 0 Å². The van der Waals surface area contributed by atoms with Gasteiger partial charge in [0.25, 0.3) is 0 Å². The summed E-state index contributed by atoms with van der Waals surface area (Å²) in [6.07, 6.45) is 1.37. The first kappa shape index (κ1) is 24.4. The maximum Gasteiger partial charge on any atom is 0.409 e. The Hall–Kier alpha value is -1.62. The Kier molecular flexibility index (Phi) is 11.1. The first-order chi connectivity index (χ1) is 13.1. The maximum absolute atomic E-state index is 13.7. The van der Waals surface area contributed by atoms with Gasteiger partial charge in [0, 0.05) is 38.3 Å². The van der Waals surface area contributed by atoms with Gasteiger partial charge in [0.15, 0.2) is 5.96 Å². The number of halogens is 2. The molecule has 7 nitrogen and oxygen atoms in total. The van der Waals surface area contributed by atoms with Gasteiger partial charge in [-0.25, -0.2) is 14.2 Å². The highest BCUT2D eigenvalue weighted by Gasteiger charge is 2.23. The summed E-state index contributed by atoms with van der Waals surface area (Å²) in [5.41, 5.74) is 1.44. The van der Waals surface area contributed by atoms with Crippen LogP contribution in [-0.2, 0) is 22.6 Å². The molecule has 1 aliphatic rings. The van der Waals surface area contributed by atoms with Crippen molar-refractivity contribution >= 4 is 36.0 Å². The Balaban J connectivity index is 0.00000392. The van der Waals surface area contributed by atoms with Crippen molar-refractivity contribution in [3.63, 3.8) is 0 Å². The van der Waals surface area contributed by atoms with Crippen molar-refractivity contribution in [3.8, 4) is 0 Å². The van der Waals surface area contributed by atoms with E-state index in [1.165, 1.54) is 13.2 Å². The topological polar surface area (TPSA) is 75.2 Å². The van der Waals surface area contributed by atoms with E-state index in [0.29, 0.717) is 31.2 Å². The number of likely N-dealkylation sites (tertiary alicyclic amines) is 1. The van der Waals surface area contributed by atoms with E-state index >= 15 is 0 Å². The van der Waals surface area contributed by atoms with E-state index in [9.17, 15) is 9.18 Å². The molecule has 0 bridgehead atoms. The molecule has 1 amide bonds. The number of methoxy groups -OCH3 is 2. The first-order valence-corrected chi connectivity index (χ1v) is 9.21. The average Bonchev–Trinajstić information content (AvgIpc) is 2.68. The minimum Gasteiger partial charge on any atom is -0.453 e. The van der Waals surface area contributed by atoms with Crippen LogP contribution in [0.5, 0.6) is 0 Å². The van der Waals surface area contributed by atoms with E-state index in [1.807, 2.05) is 6.92 Å². The van der Waals surface area contributed by atoms with Crippen LogP contribution in [0.4, 0.5) is 9.18 Å². The number of hydrogen-bond acceptors (Lipinski definition) is 4. The number of carbonyl (C=O) groups excluding carboxylic acids is 1. The normalized spacial score (nSPS) is 15.0. The highest BCUT2D eigenvalue weighted by molar-refractivity contribution is 14.0. The third kappa shape index (κ3) is 7.42. The summed E-state index contributed by atoms with van der Waals surface area (Å²) in [5, 5.41) is 6.65. The van der Waals surface area contributed by atoms with E-state index in [-0.39, 0.29) is 48.5 Å². The first-order valence-electron chi connectivity index (χ1n) is 9.21. The van der Waals surface area contributed by atoms with Crippen LogP contribution >= 0.6 is 24.0 Å². The largest absolute Gasteiger partial charge is 0.453 e. The molecule has 9 heteroatoms. The minimum atomic E-state index is -0.280. The van der Waals surface area contributed by atoms with Crippen LogP contribution < -0.4 is 10.6 Å². The molecule has 2 rings (SSSR count). The minimum absolute atomic E-state index is 0. The molecule has 0 spiro atoms. The van der Waals surface area contributed by atoms with Crippen LogP contribution in [0.2, 0.25) is 0 Å². The van der Waals surface area contributed by atoms with Crippen LogP contribution in [0, 0.1) is 5.82 Å². The zero-order valence-electron chi connectivity index (χ0n) is 16.7. The SMILES string of the molecule is CCNC(=NCc1ccc(F)c(COC)c1)NC1CCN(C(=O)OC)CC1.I. The summed E-state index contributed by atoms with van der Waals surface area (Å²) < 4.78 is 23.5. The maximum atomic E-state index is 13.7. The summed E-state index contributed by atoms with van der Waals surface area (Å²) in [6, 6.07) is 5.19. The van der Waals surface area contributed by atoms with Gasteiger partial charge in [-0.2, -0.15) is 0 Å². The second-order valence-corrected chi connectivity index (χ2v) is 6.43. The Labute approximate surface area is 183 Å². The smallest absolute Gasteiger partial charge is 0.409 e. The number of amides is 1. The number of carbonyl (C=O) groups is 1. The highest BCUT2D eigenvalue weighted by atomic mass is 127. The molecule has 1 aromatic carbocycles. The van der Waals surface area contributed by atoms with Gasteiger partial charge in [-0.15, -0.1) is 24.0 Å². The molecule has 1 saturated heterocycles. The summed E-state index contributed by atoms with van der Waals surface area (Å²) in [7, 11) is 2.94. The molecule has 1 aromatic rings. The lowest BCUT2D eigenvalue weighted by molar-refractivity contribution is 0.111. The molecular weight excluding hydrogens is 478 g/mol. The number of nitrogens with one attached hydrogen (secondary N) is 2. The van der Waals surface area contributed by atoms with Crippen molar-refractivity contribution in [2.24, 2.45) is 4.99 Å². The zero-order chi connectivity index (χ0) is 19.6. The highest BCUT2D eigenvalue weighted by Crippen LogP contribution is 2.13. The monoisotopic (exact) mass is 508 g/mol. The molecule has 0 radical (unpaired) electrons. The summed E-state index contributed by atoms with van der Waals surface area (Å²) in [6.45, 7) is 4.73. The average molecular weight is 508 g/mol. The van der Waals surface area contributed by atoms with Crippen molar-refractivity contribution in [1.82, 2.24) is 15.5 Å². The third-order valence-corrected chi connectivity index (χ3v) is 4.44. The van der Waals surface area contributed by atoms with Gasteiger partial charge in [-0.1, -0.05) is 6.07 Å². The lowest BCUT2D eigenvalue weighted by atomic mass is 10.1. The number of ether oxygens (including phenoxy) is 2. The predicted molar refractivity (Wildman–Crippen MR) is 117 cm³/mol. The van der Waals surface area contributed by atoms with Crippen LogP contribution in [0.1, 0.15) is 30.9 Å². The van der Waals surface area contributed by atoms with E-state index in [0.717, 1.165) is 24.9 Å². The number of guanidine groups is 1. The lowest BCUT2D eigenvalue weighted by Gasteiger charge is -2.32. The van der Waals surface area contributed by atoms with Crippen LogP contribution in [0.15, 0.2) is 23.2 Å². The summed E-state index contributed by atoms with van der Waals surface area (Å²) in [4.78, 5) is 17.9. The van der Waals surface area contributed by atoms with Crippen molar-refractivity contribution in [2.75, 3.05) is 33.9 Å². The van der Waals surface area contributed by atoms with E-state index in [4.69, 9.17) is 9.47 Å². The molecule has 158 valence electrons. The molecule has 0 atom stereocenters. The van der Waals surface area contributed by atoms with Gasteiger partial charge in [-0.05, 0) is 37.5 Å². The molecule has 1 aliphatic heterocycles. The van der Waals surface area contributed by atoms with E-state index in [2.05, 4.69) is 15.6 Å². The quantitative estimate of drug-likeness (QED) is 0.351. The molecule has 1 fully saturated rings. The predicted octanol–water partition coefficient (Wildman–Crippen LogP) is 2.88. The van der Waals surface area contributed by atoms with Gasteiger partial charge >= 0.3 is 6.09 Å².